The molecule has 1 heterocycles. The van der Waals surface area contributed by atoms with Crippen LogP contribution in [0.25, 0.3) is 0 Å². The number of rotatable bonds is 3. The zero-order valence-corrected chi connectivity index (χ0v) is 8.89. The molecular formula is C11H22N2O. The fourth-order valence-electron chi connectivity index (χ4n) is 2.55. The number of hydrogen-bond donors (Lipinski definition) is 3. The Balaban J connectivity index is 1.72. The first-order valence-corrected chi connectivity index (χ1v) is 5.95. The lowest BCUT2D eigenvalue weighted by molar-refractivity contribution is 0.00310. The Morgan fingerprint density at radius 3 is 2.71 bits per heavy atom. The summed E-state index contributed by atoms with van der Waals surface area (Å²) in [4.78, 5) is 0. The fraction of sp³-hybridized carbons (Fsp3) is 1.00. The zero-order valence-electron chi connectivity index (χ0n) is 8.89. The van der Waals surface area contributed by atoms with Crippen LogP contribution in [0, 0.1) is 0 Å². The molecule has 2 rings (SSSR count). The molecule has 2 fully saturated rings. The van der Waals surface area contributed by atoms with E-state index in [1.807, 2.05) is 0 Å². The van der Waals surface area contributed by atoms with Crippen molar-refractivity contribution in [1.29, 1.82) is 0 Å². The number of hydrogen-bond acceptors (Lipinski definition) is 3. The van der Waals surface area contributed by atoms with Crippen molar-refractivity contribution in [3.8, 4) is 0 Å². The maximum Gasteiger partial charge on any atom is 0.0771 e. The molecule has 3 heteroatoms. The molecule has 0 radical (unpaired) electrons. The average Bonchev–Trinajstić information content (AvgIpc) is 2.69. The molecule has 0 spiro atoms. The van der Waals surface area contributed by atoms with Gasteiger partial charge in [0.15, 0.2) is 0 Å². The average molecular weight is 198 g/mol. The van der Waals surface area contributed by atoms with E-state index in [1.54, 1.807) is 0 Å². The Hall–Kier alpha value is -0.120. The monoisotopic (exact) mass is 198 g/mol. The van der Waals surface area contributed by atoms with Crippen molar-refractivity contribution in [3.05, 3.63) is 0 Å². The second kappa shape index (κ2) is 4.60. The Morgan fingerprint density at radius 2 is 2.07 bits per heavy atom. The summed E-state index contributed by atoms with van der Waals surface area (Å²) in [5, 5.41) is 17.1. The normalized spacial score (nSPS) is 31.9. The van der Waals surface area contributed by atoms with Crippen molar-refractivity contribution in [1.82, 2.24) is 10.6 Å². The number of nitrogens with one attached hydrogen (secondary N) is 2. The zero-order chi connectivity index (χ0) is 9.86. The summed E-state index contributed by atoms with van der Waals surface area (Å²) < 4.78 is 0. The van der Waals surface area contributed by atoms with Gasteiger partial charge in [-0.3, -0.25) is 0 Å². The second-order valence-corrected chi connectivity index (χ2v) is 4.86. The molecule has 0 aromatic heterocycles. The third kappa shape index (κ3) is 2.69. The highest BCUT2D eigenvalue weighted by Crippen LogP contribution is 2.27. The third-order valence-corrected chi connectivity index (χ3v) is 3.56. The minimum Gasteiger partial charge on any atom is -0.389 e. The second-order valence-electron chi connectivity index (χ2n) is 4.86. The Bertz CT molecular complexity index is 172. The molecule has 1 atom stereocenters. The summed E-state index contributed by atoms with van der Waals surface area (Å²) in [6.45, 7) is 2.98. The lowest BCUT2D eigenvalue weighted by Gasteiger charge is -2.33. The maximum atomic E-state index is 10.2. The molecule has 1 saturated carbocycles. The summed E-state index contributed by atoms with van der Waals surface area (Å²) in [5.74, 6) is 0. The van der Waals surface area contributed by atoms with Crippen molar-refractivity contribution in [2.75, 3.05) is 19.6 Å². The molecule has 3 N–H and O–H groups in total. The van der Waals surface area contributed by atoms with Crippen LogP contribution in [0.4, 0.5) is 0 Å². The van der Waals surface area contributed by atoms with E-state index in [9.17, 15) is 5.11 Å². The van der Waals surface area contributed by atoms with Gasteiger partial charge in [0.05, 0.1) is 5.60 Å². The van der Waals surface area contributed by atoms with Crippen LogP contribution in [0.15, 0.2) is 0 Å². The molecule has 3 nitrogen and oxygen atoms in total. The quantitative estimate of drug-likeness (QED) is 0.623. The molecule has 0 amide bonds. The van der Waals surface area contributed by atoms with E-state index in [0.29, 0.717) is 6.04 Å². The van der Waals surface area contributed by atoms with Crippen molar-refractivity contribution in [3.63, 3.8) is 0 Å². The smallest absolute Gasteiger partial charge is 0.0771 e. The number of aliphatic hydroxyl groups is 1. The van der Waals surface area contributed by atoms with Gasteiger partial charge >= 0.3 is 0 Å². The summed E-state index contributed by atoms with van der Waals surface area (Å²) in [7, 11) is 0. The highest BCUT2D eigenvalue weighted by Gasteiger charge is 2.29. The molecule has 1 aliphatic heterocycles. The van der Waals surface area contributed by atoms with Gasteiger partial charge in [-0.15, -0.1) is 0 Å². The van der Waals surface area contributed by atoms with Gasteiger partial charge < -0.3 is 15.7 Å². The Labute approximate surface area is 86.3 Å². The third-order valence-electron chi connectivity index (χ3n) is 3.56. The van der Waals surface area contributed by atoms with Gasteiger partial charge in [-0.2, -0.15) is 0 Å². The molecule has 0 bridgehead atoms. The lowest BCUT2D eigenvalue weighted by atomic mass is 9.85. The summed E-state index contributed by atoms with van der Waals surface area (Å²) in [5.41, 5.74) is -0.402. The van der Waals surface area contributed by atoms with Gasteiger partial charge in [0.1, 0.15) is 0 Å². The highest BCUT2D eigenvalue weighted by atomic mass is 16.3. The van der Waals surface area contributed by atoms with Crippen LogP contribution in [0.1, 0.15) is 38.5 Å². The van der Waals surface area contributed by atoms with E-state index >= 15 is 0 Å². The molecule has 2 aliphatic rings. The molecular weight excluding hydrogens is 176 g/mol. The molecule has 1 saturated heterocycles. The van der Waals surface area contributed by atoms with Crippen molar-refractivity contribution >= 4 is 0 Å². The van der Waals surface area contributed by atoms with E-state index in [2.05, 4.69) is 10.6 Å². The van der Waals surface area contributed by atoms with Crippen LogP contribution in [0.2, 0.25) is 0 Å². The van der Waals surface area contributed by atoms with Crippen LogP contribution in [0.3, 0.4) is 0 Å². The van der Waals surface area contributed by atoms with Crippen molar-refractivity contribution in [2.24, 2.45) is 0 Å². The fourth-order valence-corrected chi connectivity index (χ4v) is 2.55. The summed E-state index contributed by atoms with van der Waals surface area (Å²) >= 11 is 0. The molecule has 1 unspecified atom stereocenters. The predicted octanol–water partition coefficient (Wildman–Crippen LogP) is 0.633. The van der Waals surface area contributed by atoms with Crippen LogP contribution >= 0.6 is 0 Å². The van der Waals surface area contributed by atoms with Gasteiger partial charge in [-0.05, 0) is 25.8 Å². The van der Waals surface area contributed by atoms with Gasteiger partial charge in [0, 0.05) is 19.1 Å². The highest BCUT2D eigenvalue weighted by molar-refractivity contribution is 4.87. The van der Waals surface area contributed by atoms with Crippen molar-refractivity contribution in [2.45, 2.75) is 50.2 Å². The van der Waals surface area contributed by atoms with E-state index in [4.69, 9.17) is 0 Å². The standard InChI is InChI=1S/C11H22N2O/c14-11(5-2-1-3-6-11)9-13-10-4-7-12-8-10/h10,12-14H,1-9H2. The van der Waals surface area contributed by atoms with Gasteiger partial charge in [0.25, 0.3) is 0 Å². The molecule has 0 aromatic rings. The Morgan fingerprint density at radius 1 is 1.29 bits per heavy atom. The van der Waals surface area contributed by atoms with Gasteiger partial charge in [-0.1, -0.05) is 19.3 Å². The first kappa shape index (κ1) is 10.4. The first-order chi connectivity index (χ1) is 6.79. The topological polar surface area (TPSA) is 44.3 Å². The minimum absolute atomic E-state index is 0.402. The van der Waals surface area contributed by atoms with Gasteiger partial charge in [-0.25, -0.2) is 0 Å². The molecule has 1 aliphatic carbocycles. The largest absolute Gasteiger partial charge is 0.389 e. The molecule has 14 heavy (non-hydrogen) atoms. The van der Waals surface area contributed by atoms with Crippen LogP contribution < -0.4 is 10.6 Å². The van der Waals surface area contributed by atoms with Crippen LogP contribution in [-0.2, 0) is 0 Å². The van der Waals surface area contributed by atoms with Crippen molar-refractivity contribution < 1.29 is 5.11 Å². The maximum absolute atomic E-state index is 10.2. The SMILES string of the molecule is OC1(CNC2CCNC2)CCCCC1. The lowest BCUT2D eigenvalue weighted by Crippen LogP contribution is -2.46. The van der Waals surface area contributed by atoms with Crippen LogP contribution in [-0.4, -0.2) is 36.4 Å². The minimum atomic E-state index is -0.402. The summed E-state index contributed by atoms with van der Waals surface area (Å²) in [6, 6.07) is 0.584. The van der Waals surface area contributed by atoms with E-state index in [-0.39, 0.29) is 0 Å². The van der Waals surface area contributed by atoms with E-state index in [0.717, 1.165) is 32.5 Å². The van der Waals surface area contributed by atoms with Crippen LogP contribution in [0.5, 0.6) is 0 Å². The van der Waals surface area contributed by atoms with E-state index < -0.39 is 5.60 Å². The summed E-state index contributed by atoms with van der Waals surface area (Å²) in [6.07, 6.45) is 6.87. The predicted molar refractivity (Wildman–Crippen MR) is 57.3 cm³/mol. The van der Waals surface area contributed by atoms with E-state index in [1.165, 1.54) is 25.7 Å². The van der Waals surface area contributed by atoms with Gasteiger partial charge in [0.2, 0.25) is 0 Å². The molecule has 82 valence electrons. The molecule has 0 aromatic carbocycles. The Kier molecular flexibility index (Phi) is 3.42. The first-order valence-electron chi connectivity index (χ1n) is 5.95.